The summed E-state index contributed by atoms with van der Waals surface area (Å²) in [6.45, 7) is 0.532. The number of pyridine rings is 1. The molecule has 1 amide bonds. The third-order valence-electron chi connectivity index (χ3n) is 2.54. The molecule has 1 unspecified atom stereocenters. The maximum absolute atomic E-state index is 11.7. The molecule has 16 heavy (non-hydrogen) atoms. The zero-order chi connectivity index (χ0) is 11.7. The molecule has 0 radical (unpaired) electrons. The highest BCUT2D eigenvalue weighted by molar-refractivity contribution is 9.10. The molecule has 1 aromatic rings. The lowest BCUT2D eigenvalue weighted by Gasteiger charge is -2.17. The molecule has 1 N–H and O–H groups in total. The van der Waals surface area contributed by atoms with Crippen LogP contribution in [-0.4, -0.2) is 29.1 Å². The van der Waals surface area contributed by atoms with Gasteiger partial charge in [0.05, 0.1) is 10.7 Å². The van der Waals surface area contributed by atoms with E-state index < -0.39 is 0 Å². The van der Waals surface area contributed by atoms with Crippen LogP contribution in [0.5, 0.6) is 0 Å². The third-order valence-corrected chi connectivity index (χ3v) is 3.36. The topological polar surface area (TPSA) is 53.4 Å². The van der Waals surface area contributed by atoms with Gasteiger partial charge >= 0.3 is 0 Å². The molecule has 0 aliphatic carbocycles. The Kier molecular flexibility index (Phi) is 3.47. The molecule has 6 heteroatoms. The Bertz CT molecular complexity index is 427. The molecule has 0 bridgehead atoms. The number of aromatic nitrogens is 1. The number of rotatable bonds is 2. The predicted octanol–water partition coefficient (Wildman–Crippen LogP) is 1.84. The minimum absolute atomic E-state index is 0.00150. The van der Waals surface area contributed by atoms with Gasteiger partial charge in [-0.3, -0.25) is 4.79 Å². The van der Waals surface area contributed by atoms with Gasteiger partial charge in [-0.05, 0) is 22.0 Å². The first kappa shape index (κ1) is 11.8. The number of hydrogen-bond acceptors (Lipinski definition) is 3. The highest BCUT2D eigenvalue weighted by Gasteiger charge is 2.31. The van der Waals surface area contributed by atoms with Crippen molar-refractivity contribution in [1.82, 2.24) is 4.98 Å². The summed E-state index contributed by atoms with van der Waals surface area (Å²) < 4.78 is 0.587. The standard InChI is InChI=1S/C10H10BrClN2O2/c11-10-8(2-7(12)3-13-10)14-4-6(5-15)1-9(14)16/h2-3,6,15H,1,4-5H2. The summed E-state index contributed by atoms with van der Waals surface area (Å²) in [7, 11) is 0. The van der Waals surface area contributed by atoms with E-state index in [4.69, 9.17) is 16.7 Å². The summed E-state index contributed by atoms with van der Waals surface area (Å²) in [5.74, 6) is -0.0119. The number of carbonyl (C=O) groups is 1. The molecule has 0 saturated carbocycles. The number of carbonyl (C=O) groups excluding carboxylic acids is 1. The Morgan fingerprint density at radius 1 is 1.69 bits per heavy atom. The van der Waals surface area contributed by atoms with E-state index in [-0.39, 0.29) is 18.4 Å². The van der Waals surface area contributed by atoms with Crippen molar-refractivity contribution < 1.29 is 9.90 Å². The summed E-state index contributed by atoms with van der Waals surface area (Å²) in [5, 5.41) is 9.52. The first-order valence-electron chi connectivity index (χ1n) is 4.84. The van der Waals surface area contributed by atoms with Crippen molar-refractivity contribution >= 4 is 39.1 Å². The zero-order valence-corrected chi connectivity index (χ0v) is 10.7. The molecule has 2 heterocycles. The van der Waals surface area contributed by atoms with Gasteiger partial charge < -0.3 is 10.0 Å². The Balaban J connectivity index is 2.30. The van der Waals surface area contributed by atoms with Gasteiger partial charge in [0.2, 0.25) is 5.91 Å². The molecule has 1 saturated heterocycles. The fourth-order valence-electron chi connectivity index (χ4n) is 1.74. The van der Waals surface area contributed by atoms with Crippen LogP contribution in [0.3, 0.4) is 0 Å². The first-order valence-corrected chi connectivity index (χ1v) is 6.01. The van der Waals surface area contributed by atoms with Crippen molar-refractivity contribution in [3.8, 4) is 0 Å². The number of amides is 1. The van der Waals surface area contributed by atoms with Crippen molar-refractivity contribution in [2.45, 2.75) is 6.42 Å². The van der Waals surface area contributed by atoms with Gasteiger partial charge in [0.15, 0.2) is 0 Å². The van der Waals surface area contributed by atoms with Gasteiger partial charge in [0.25, 0.3) is 0 Å². The zero-order valence-electron chi connectivity index (χ0n) is 8.36. The molecule has 1 atom stereocenters. The van der Waals surface area contributed by atoms with Crippen LogP contribution in [0.15, 0.2) is 16.9 Å². The fraction of sp³-hybridized carbons (Fsp3) is 0.400. The third kappa shape index (κ3) is 2.21. The van der Waals surface area contributed by atoms with Crippen molar-refractivity contribution in [3.63, 3.8) is 0 Å². The molecular formula is C10H10BrClN2O2. The van der Waals surface area contributed by atoms with Crippen LogP contribution in [0.25, 0.3) is 0 Å². The van der Waals surface area contributed by atoms with Gasteiger partial charge in [-0.25, -0.2) is 4.98 Å². The van der Waals surface area contributed by atoms with Gasteiger partial charge in [-0.15, -0.1) is 0 Å². The van der Waals surface area contributed by atoms with E-state index in [9.17, 15) is 4.79 Å². The van der Waals surface area contributed by atoms with Crippen molar-refractivity contribution in [3.05, 3.63) is 21.9 Å². The molecular weight excluding hydrogens is 295 g/mol. The number of nitrogens with zero attached hydrogens (tertiary/aromatic N) is 2. The van der Waals surface area contributed by atoms with E-state index in [0.29, 0.717) is 28.3 Å². The first-order chi connectivity index (χ1) is 7.61. The Labute approximate surface area is 106 Å². The summed E-state index contributed by atoms with van der Waals surface area (Å²) in [6, 6.07) is 1.69. The van der Waals surface area contributed by atoms with Crippen LogP contribution in [0.4, 0.5) is 5.69 Å². The number of aliphatic hydroxyl groups excluding tert-OH is 1. The van der Waals surface area contributed by atoms with Crippen LogP contribution in [-0.2, 0) is 4.79 Å². The molecule has 1 aliphatic rings. The molecule has 86 valence electrons. The second-order valence-electron chi connectivity index (χ2n) is 3.72. The summed E-state index contributed by atoms with van der Waals surface area (Å²) in [4.78, 5) is 17.4. The van der Waals surface area contributed by atoms with Gasteiger partial charge in [-0.2, -0.15) is 0 Å². The van der Waals surface area contributed by atoms with E-state index in [0.717, 1.165) is 0 Å². The van der Waals surface area contributed by atoms with Gasteiger partial charge in [0, 0.05) is 31.7 Å². The Morgan fingerprint density at radius 2 is 2.44 bits per heavy atom. The van der Waals surface area contributed by atoms with Crippen LogP contribution in [0.2, 0.25) is 5.02 Å². The predicted molar refractivity (Wildman–Crippen MR) is 64.5 cm³/mol. The van der Waals surface area contributed by atoms with Gasteiger partial charge in [-0.1, -0.05) is 11.6 Å². The van der Waals surface area contributed by atoms with Crippen LogP contribution < -0.4 is 4.90 Å². The Hall–Kier alpha value is -0.650. The molecule has 1 fully saturated rings. The van der Waals surface area contributed by atoms with Crippen LogP contribution in [0, 0.1) is 5.92 Å². The van der Waals surface area contributed by atoms with E-state index in [2.05, 4.69) is 20.9 Å². The second kappa shape index (κ2) is 4.69. The lowest BCUT2D eigenvalue weighted by Crippen LogP contribution is -2.25. The van der Waals surface area contributed by atoms with E-state index in [1.54, 1.807) is 11.0 Å². The van der Waals surface area contributed by atoms with Crippen molar-refractivity contribution in [2.75, 3.05) is 18.1 Å². The van der Waals surface area contributed by atoms with E-state index >= 15 is 0 Å². The molecule has 4 nitrogen and oxygen atoms in total. The maximum Gasteiger partial charge on any atom is 0.227 e. The van der Waals surface area contributed by atoms with Crippen molar-refractivity contribution in [1.29, 1.82) is 0 Å². The summed E-state index contributed by atoms with van der Waals surface area (Å²) in [6.07, 6.45) is 1.88. The van der Waals surface area contributed by atoms with Crippen molar-refractivity contribution in [2.24, 2.45) is 5.92 Å². The highest BCUT2D eigenvalue weighted by atomic mass is 79.9. The normalized spacial score (nSPS) is 20.6. The summed E-state index contributed by atoms with van der Waals surface area (Å²) >= 11 is 9.13. The largest absolute Gasteiger partial charge is 0.396 e. The number of halogens is 2. The Morgan fingerprint density at radius 3 is 3.06 bits per heavy atom. The summed E-state index contributed by atoms with van der Waals surface area (Å²) in [5.41, 5.74) is 0.661. The average Bonchev–Trinajstić information content (AvgIpc) is 2.63. The van der Waals surface area contributed by atoms with Crippen LogP contribution >= 0.6 is 27.5 Å². The smallest absolute Gasteiger partial charge is 0.227 e. The maximum atomic E-state index is 11.7. The lowest BCUT2D eigenvalue weighted by molar-refractivity contribution is -0.117. The van der Waals surface area contributed by atoms with E-state index in [1.807, 2.05) is 0 Å². The SMILES string of the molecule is O=C1CC(CO)CN1c1cc(Cl)cnc1Br. The average molecular weight is 306 g/mol. The number of anilines is 1. The second-order valence-corrected chi connectivity index (χ2v) is 4.91. The monoisotopic (exact) mass is 304 g/mol. The molecule has 1 aromatic heterocycles. The molecule has 1 aliphatic heterocycles. The minimum atomic E-state index is -0.0104. The lowest BCUT2D eigenvalue weighted by atomic mass is 10.1. The molecule has 0 spiro atoms. The van der Waals surface area contributed by atoms with Gasteiger partial charge in [0.1, 0.15) is 4.60 Å². The van der Waals surface area contributed by atoms with E-state index in [1.165, 1.54) is 6.20 Å². The highest BCUT2D eigenvalue weighted by Crippen LogP contribution is 2.31. The fourth-order valence-corrected chi connectivity index (χ4v) is 2.32. The quantitative estimate of drug-likeness (QED) is 0.848. The van der Waals surface area contributed by atoms with Crippen LogP contribution in [0.1, 0.15) is 6.42 Å². The molecule has 2 rings (SSSR count). The number of hydrogen-bond donors (Lipinski definition) is 1. The molecule has 0 aromatic carbocycles. The minimum Gasteiger partial charge on any atom is -0.396 e. The number of aliphatic hydroxyl groups is 1.